The molecule has 17 heavy (non-hydrogen) atoms. The highest BCUT2D eigenvalue weighted by Crippen LogP contribution is 2.53. The molecule has 0 aliphatic carbocycles. The van der Waals surface area contributed by atoms with Crippen molar-refractivity contribution >= 4 is 17.7 Å². The maximum atomic E-state index is 12.0. The van der Waals surface area contributed by atoms with E-state index >= 15 is 0 Å². The van der Waals surface area contributed by atoms with E-state index in [0.29, 0.717) is 0 Å². The largest absolute Gasteiger partial charge is 0.368 e. The zero-order valence-corrected chi connectivity index (χ0v) is 10.6. The number of thioether (sulfide) groups is 1. The van der Waals surface area contributed by atoms with Gasteiger partial charge in [-0.2, -0.15) is 0 Å². The van der Waals surface area contributed by atoms with Crippen molar-refractivity contribution in [3.05, 3.63) is 35.9 Å². The fraction of sp³-hybridized carbons (Fsp3) is 0.462. The van der Waals surface area contributed by atoms with Crippen LogP contribution < -0.4 is 0 Å². The number of benzene rings is 1. The van der Waals surface area contributed by atoms with Gasteiger partial charge in [0.2, 0.25) is 0 Å². The molecule has 0 radical (unpaired) electrons. The fourth-order valence-corrected chi connectivity index (χ4v) is 4.33. The smallest absolute Gasteiger partial charge is 0.256 e. The highest BCUT2D eigenvalue weighted by molar-refractivity contribution is 8.00. The van der Waals surface area contributed by atoms with Crippen LogP contribution in [-0.4, -0.2) is 36.3 Å². The predicted molar refractivity (Wildman–Crippen MR) is 67.7 cm³/mol. The highest BCUT2D eigenvalue weighted by atomic mass is 32.2. The van der Waals surface area contributed by atoms with Crippen LogP contribution in [0.25, 0.3) is 0 Å². The van der Waals surface area contributed by atoms with Gasteiger partial charge >= 0.3 is 0 Å². The van der Waals surface area contributed by atoms with Crippen LogP contribution in [0.2, 0.25) is 0 Å². The molecule has 0 spiro atoms. The van der Waals surface area contributed by atoms with Crippen molar-refractivity contribution < 1.29 is 9.53 Å². The number of amides is 1. The summed E-state index contributed by atoms with van der Waals surface area (Å²) in [5.74, 6) is 1.21. The number of β-lactam (4-membered cyclic amide) rings is 1. The average molecular weight is 249 g/mol. The fourth-order valence-electron chi connectivity index (χ4n) is 2.76. The van der Waals surface area contributed by atoms with Crippen LogP contribution in [0.5, 0.6) is 0 Å². The molecular weight excluding hydrogens is 234 g/mol. The second kappa shape index (κ2) is 4.03. The lowest BCUT2D eigenvalue weighted by molar-refractivity contribution is -0.177. The second-order valence-electron chi connectivity index (χ2n) is 4.37. The Bertz CT molecular complexity index is 426. The van der Waals surface area contributed by atoms with Gasteiger partial charge in [0.15, 0.2) is 6.10 Å². The van der Waals surface area contributed by atoms with Crippen LogP contribution in [0.1, 0.15) is 12.0 Å². The van der Waals surface area contributed by atoms with Crippen LogP contribution in [0, 0.1) is 0 Å². The number of fused-ring (bicyclic) bond motifs is 1. The normalized spacial score (nSPS) is 31.9. The van der Waals surface area contributed by atoms with Gasteiger partial charge in [0, 0.05) is 13.7 Å². The number of methoxy groups -OCH3 is 1. The zero-order valence-electron chi connectivity index (χ0n) is 9.76. The van der Waals surface area contributed by atoms with Crippen molar-refractivity contribution in [2.45, 2.75) is 17.4 Å². The van der Waals surface area contributed by atoms with E-state index in [0.717, 1.165) is 18.7 Å². The van der Waals surface area contributed by atoms with Gasteiger partial charge in [0.1, 0.15) is 4.87 Å². The Labute approximate surface area is 105 Å². The summed E-state index contributed by atoms with van der Waals surface area (Å²) in [5, 5.41) is 0. The number of ether oxygens (including phenoxy) is 1. The van der Waals surface area contributed by atoms with Gasteiger partial charge in [-0.25, -0.2) is 0 Å². The standard InChI is InChI=1S/C13H15NO2S/c1-16-11-12(15)14-8-5-9-17-13(11,14)10-6-3-2-4-7-10/h2-4,6-7,11H,5,8-9H2,1H3. The average Bonchev–Trinajstić information content (AvgIpc) is 2.39. The molecule has 3 rings (SSSR count). The Morgan fingerprint density at radius 3 is 2.88 bits per heavy atom. The molecule has 1 amide bonds. The Morgan fingerprint density at radius 2 is 2.18 bits per heavy atom. The number of hydrogen-bond donors (Lipinski definition) is 0. The van der Waals surface area contributed by atoms with E-state index in [1.54, 1.807) is 7.11 Å². The van der Waals surface area contributed by atoms with Crippen molar-refractivity contribution in [1.82, 2.24) is 4.90 Å². The zero-order chi connectivity index (χ0) is 11.9. The van der Waals surface area contributed by atoms with Crippen LogP contribution in [0.3, 0.4) is 0 Å². The SMILES string of the molecule is COC1C(=O)N2CCCSC12c1ccccc1. The summed E-state index contributed by atoms with van der Waals surface area (Å²) < 4.78 is 5.41. The minimum absolute atomic E-state index is 0.128. The van der Waals surface area contributed by atoms with Crippen molar-refractivity contribution in [1.29, 1.82) is 0 Å². The van der Waals surface area contributed by atoms with Crippen LogP contribution in [0.15, 0.2) is 30.3 Å². The van der Waals surface area contributed by atoms with Gasteiger partial charge in [-0.05, 0) is 17.7 Å². The summed E-state index contributed by atoms with van der Waals surface area (Å²) in [6.07, 6.45) is 0.747. The summed E-state index contributed by atoms with van der Waals surface area (Å²) >= 11 is 1.83. The van der Waals surface area contributed by atoms with Gasteiger partial charge in [-0.1, -0.05) is 30.3 Å². The third kappa shape index (κ3) is 1.37. The Kier molecular flexibility index (Phi) is 2.64. The molecule has 2 unspecified atom stereocenters. The number of carbonyl (C=O) groups is 1. The maximum absolute atomic E-state index is 12.0. The molecule has 90 valence electrons. The summed E-state index contributed by atoms with van der Waals surface area (Å²) in [5.41, 5.74) is 1.18. The maximum Gasteiger partial charge on any atom is 0.256 e. The van der Waals surface area contributed by atoms with Gasteiger partial charge in [-0.15, -0.1) is 11.8 Å². The molecular formula is C13H15NO2S. The summed E-state index contributed by atoms with van der Waals surface area (Å²) in [7, 11) is 1.62. The van der Waals surface area contributed by atoms with Gasteiger partial charge < -0.3 is 9.64 Å². The number of hydrogen-bond acceptors (Lipinski definition) is 3. The molecule has 2 saturated heterocycles. The molecule has 2 fully saturated rings. The molecule has 2 aliphatic heterocycles. The molecule has 2 aliphatic rings. The third-order valence-electron chi connectivity index (χ3n) is 3.52. The van der Waals surface area contributed by atoms with E-state index in [4.69, 9.17) is 4.74 Å². The Morgan fingerprint density at radius 1 is 1.41 bits per heavy atom. The van der Waals surface area contributed by atoms with E-state index < -0.39 is 0 Å². The Balaban J connectivity index is 2.04. The van der Waals surface area contributed by atoms with Gasteiger partial charge in [-0.3, -0.25) is 4.79 Å². The first-order chi connectivity index (χ1) is 8.30. The van der Waals surface area contributed by atoms with E-state index in [1.807, 2.05) is 34.9 Å². The number of nitrogens with zero attached hydrogens (tertiary/aromatic N) is 1. The quantitative estimate of drug-likeness (QED) is 0.749. The third-order valence-corrected chi connectivity index (χ3v) is 5.12. The first kappa shape index (κ1) is 11.1. The molecule has 0 saturated carbocycles. The lowest BCUT2D eigenvalue weighted by Crippen LogP contribution is -2.72. The van der Waals surface area contributed by atoms with Crippen molar-refractivity contribution in [2.24, 2.45) is 0 Å². The van der Waals surface area contributed by atoms with E-state index in [-0.39, 0.29) is 16.9 Å². The Hall–Kier alpha value is -1.00. The topological polar surface area (TPSA) is 29.5 Å². The molecule has 2 heterocycles. The van der Waals surface area contributed by atoms with Gasteiger partial charge in [0.05, 0.1) is 0 Å². The van der Waals surface area contributed by atoms with Crippen molar-refractivity contribution in [3.63, 3.8) is 0 Å². The summed E-state index contributed by atoms with van der Waals surface area (Å²) in [4.78, 5) is 13.7. The predicted octanol–water partition coefficient (Wildman–Crippen LogP) is 1.83. The minimum Gasteiger partial charge on any atom is -0.368 e. The number of rotatable bonds is 2. The number of carbonyl (C=O) groups excluding carboxylic acids is 1. The minimum atomic E-state index is -0.324. The second-order valence-corrected chi connectivity index (χ2v) is 5.69. The van der Waals surface area contributed by atoms with E-state index in [2.05, 4.69) is 12.1 Å². The molecule has 2 atom stereocenters. The molecule has 1 aromatic carbocycles. The van der Waals surface area contributed by atoms with Crippen molar-refractivity contribution in [2.75, 3.05) is 19.4 Å². The van der Waals surface area contributed by atoms with E-state index in [9.17, 15) is 4.79 Å². The first-order valence-electron chi connectivity index (χ1n) is 5.84. The highest BCUT2D eigenvalue weighted by Gasteiger charge is 2.63. The first-order valence-corrected chi connectivity index (χ1v) is 6.83. The lowest BCUT2D eigenvalue weighted by atomic mass is 9.89. The van der Waals surface area contributed by atoms with Crippen molar-refractivity contribution in [3.8, 4) is 0 Å². The van der Waals surface area contributed by atoms with Crippen LogP contribution >= 0.6 is 11.8 Å². The lowest BCUT2D eigenvalue weighted by Gasteiger charge is -2.58. The molecule has 0 aromatic heterocycles. The van der Waals surface area contributed by atoms with E-state index in [1.165, 1.54) is 5.56 Å². The van der Waals surface area contributed by atoms with Gasteiger partial charge in [0.25, 0.3) is 5.91 Å². The molecule has 0 N–H and O–H groups in total. The van der Waals surface area contributed by atoms with Crippen LogP contribution in [0.4, 0.5) is 0 Å². The molecule has 4 heteroatoms. The molecule has 1 aromatic rings. The monoisotopic (exact) mass is 249 g/mol. The molecule has 3 nitrogen and oxygen atoms in total. The summed E-state index contributed by atoms with van der Waals surface area (Å²) in [6, 6.07) is 10.2. The van der Waals surface area contributed by atoms with Crippen LogP contribution in [-0.2, 0) is 14.4 Å². The molecule has 0 bridgehead atoms. The summed E-state index contributed by atoms with van der Waals surface area (Å²) in [6.45, 7) is 0.848.